The van der Waals surface area contributed by atoms with Crippen LogP contribution in [0, 0.1) is 0 Å². The van der Waals surface area contributed by atoms with Crippen LogP contribution >= 0.6 is 23.2 Å². The lowest BCUT2D eigenvalue weighted by atomic mass is 10.1. The van der Waals surface area contributed by atoms with Crippen molar-refractivity contribution in [1.82, 2.24) is 5.32 Å². The average molecular weight is 309 g/mol. The zero-order valence-corrected chi connectivity index (χ0v) is 12.4. The minimum atomic E-state index is -0.223. The quantitative estimate of drug-likeness (QED) is 0.840. The van der Waals surface area contributed by atoms with Crippen LogP contribution in [-0.2, 0) is 0 Å². The lowest BCUT2D eigenvalue weighted by molar-refractivity contribution is 0.0940. The van der Waals surface area contributed by atoms with E-state index >= 15 is 0 Å². The summed E-state index contributed by atoms with van der Waals surface area (Å²) in [6.07, 6.45) is 0. The van der Waals surface area contributed by atoms with Crippen molar-refractivity contribution < 1.29 is 4.79 Å². The van der Waals surface area contributed by atoms with Crippen molar-refractivity contribution in [3.63, 3.8) is 0 Å². The summed E-state index contributed by atoms with van der Waals surface area (Å²) in [7, 11) is 0. The van der Waals surface area contributed by atoms with Crippen molar-refractivity contribution in [1.29, 1.82) is 0 Å². The summed E-state index contributed by atoms with van der Waals surface area (Å²) in [6.45, 7) is 1.88. The topological polar surface area (TPSA) is 55.1 Å². The van der Waals surface area contributed by atoms with Crippen molar-refractivity contribution in [2.24, 2.45) is 0 Å². The van der Waals surface area contributed by atoms with Crippen molar-refractivity contribution in [3.8, 4) is 0 Å². The fourth-order valence-corrected chi connectivity index (χ4v) is 2.20. The predicted octanol–water partition coefficient (Wildman–Crippen LogP) is 4.07. The van der Waals surface area contributed by atoms with E-state index in [-0.39, 0.29) is 11.9 Å². The molecule has 1 amide bonds. The largest absolute Gasteiger partial charge is 0.398 e. The number of rotatable bonds is 3. The van der Waals surface area contributed by atoms with Crippen LogP contribution in [0.15, 0.2) is 42.5 Å². The molecule has 1 unspecified atom stereocenters. The number of carbonyl (C=O) groups excluding carboxylic acids is 1. The number of amides is 1. The van der Waals surface area contributed by atoms with Gasteiger partial charge in [-0.2, -0.15) is 0 Å². The first-order valence-corrected chi connectivity index (χ1v) is 6.85. The number of nitrogens with one attached hydrogen (secondary N) is 1. The fourth-order valence-electron chi connectivity index (χ4n) is 1.90. The van der Waals surface area contributed by atoms with Gasteiger partial charge in [-0.05, 0) is 36.8 Å². The Morgan fingerprint density at radius 3 is 2.50 bits per heavy atom. The molecular weight excluding hydrogens is 295 g/mol. The normalized spacial score (nSPS) is 11.9. The van der Waals surface area contributed by atoms with Crippen LogP contribution in [0.3, 0.4) is 0 Å². The second-order valence-electron chi connectivity index (χ2n) is 4.45. The maximum Gasteiger partial charge on any atom is 0.251 e. The molecule has 0 aromatic heterocycles. The van der Waals surface area contributed by atoms with E-state index in [0.717, 1.165) is 5.56 Å². The Morgan fingerprint density at radius 1 is 1.15 bits per heavy atom. The summed E-state index contributed by atoms with van der Waals surface area (Å²) >= 11 is 11.7. The third kappa shape index (κ3) is 3.24. The summed E-state index contributed by atoms with van der Waals surface area (Å²) in [4.78, 5) is 12.1. The molecule has 0 aliphatic carbocycles. The maximum absolute atomic E-state index is 12.1. The number of hydrogen-bond donors (Lipinski definition) is 2. The van der Waals surface area contributed by atoms with Crippen LogP contribution < -0.4 is 11.1 Å². The lowest BCUT2D eigenvalue weighted by Crippen LogP contribution is -2.27. The molecule has 0 saturated carbocycles. The first-order chi connectivity index (χ1) is 9.49. The molecule has 104 valence electrons. The highest BCUT2D eigenvalue weighted by atomic mass is 35.5. The van der Waals surface area contributed by atoms with Crippen LogP contribution in [0.1, 0.15) is 28.9 Å². The van der Waals surface area contributed by atoms with E-state index in [9.17, 15) is 4.79 Å². The molecule has 1 atom stereocenters. The molecule has 0 saturated heterocycles. The molecule has 2 aromatic carbocycles. The Labute approximate surface area is 127 Å². The van der Waals surface area contributed by atoms with Crippen LogP contribution in [0.4, 0.5) is 5.69 Å². The molecule has 2 aromatic rings. The number of anilines is 1. The predicted molar refractivity (Wildman–Crippen MR) is 83.2 cm³/mol. The van der Waals surface area contributed by atoms with Gasteiger partial charge in [0.05, 0.1) is 16.1 Å². The highest BCUT2D eigenvalue weighted by molar-refractivity contribution is 6.42. The van der Waals surface area contributed by atoms with Gasteiger partial charge < -0.3 is 11.1 Å². The van der Waals surface area contributed by atoms with Gasteiger partial charge in [-0.1, -0.05) is 41.4 Å². The molecule has 0 aliphatic heterocycles. The first kappa shape index (κ1) is 14.7. The molecule has 0 aliphatic rings. The standard InChI is InChI=1S/C15H14Cl2N2O/c1-9(11-4-2-3-5-14(11)18)19-15(20)10-6-7-12(16)13(17)8-10/h2-9H,18H2,1H3,(H,19,20). The fraction of sp³-hybridized carbons (Fsp3) is 0.133. The highest BCUT2D eigenvalue weighted by Crippen LogP contribution is 2.24. The van der Waals surface area contributed by atoms with Gasteiger partial charge >= 0.3 is 0 Å². The molecule has 0 fully saturated rings. The Kier molecular flexibility index (Phi) is 4.53. The third-order valence-electron chi connectivity index (χ3n) is 2.99. The monoisotopic (exact) mass is 308 g/mol. The van der Waals surface area contributed by atoms with Crippen LogP contribution in [0.2, 0.25) is 10.0 Å². The van der Waals surface area contributed by atoms with E-state index in [1.807, 2.05) is 25.1 Å². The van der Waals surface area contributed by atoms with Gasteiger partial charge in [0.25, 0.3) is 5.91 Å². The Morgan fingerprint density at radius 2 is 1.85 bits per heavy atom. The number of halogens is 2. The number of nitrogen functional groups attached to an aromatic ring is 1. The molecule has 20 heavy (non-hydrogen) atoms. The van der Waals surface area contributed by atoms with Gasteiger partial charge in [-0.3, -0.25) is 4.79 Å². The Balaban J connectivity index is 2.15. The maximum atomic E-state index is 12.1. The summed E-state index contributed by atoms with van der Waals surface area (Å²) in [6, 6.07) is 12.0. The van der Waals surface area contributed by atoms with Crippen LogP contribution in [0.5, 0.6) is 0 Å². The second kappa shape index (κ2) is 6.16. The van der Waals surface area contributed by atoms with E-state index in [2.05, 4.69) is 5.32 Å². The summed E-state index contributed by atoms with van der Waals surface area (Å²) in [5, 5.41) is 3.65. The van der Waals surface area contributed by atoms with E-state index in [1.165, 1.54) is 0 Å². The van der Waals surface area contributed by atoms with Gasteiger partial charge in [0.15, 0.2) is 0 Å². The summed E-state index contributed by atoms with van der Waals surface area (Å²) in [5.74, 6) is -0.223. The molecule has 0 bridgehead atoms. The molecular formula is C15H14Cl2N2O. The van der Waals surface area contributed by atoms with Gasteiger partial charge in [0, 0.05) is 11.3 Å². The third-order valence-corrected chi connectivity index (χ3v) is 3.73. The van der Waals surface area contributed by atoms with Crippen molar-refractivity contribution in [3.05, 3.63) is 63.6 Å². The number of carbonyl (C=O) groups is 1. The molecule has 3 nitrogen and oxygen atoms in total. The Hall–Kier alpha value is -1.71. The van der Waals surface area contributed by atoms with Crippen LogP contribution in [-0.4, -0.2) is 5.91 Å². The zero-order chi connectivity index (χ0) is 14.7. The summed E-state index contributed by atoms with van der Waals surface area (Å²) in [5.41, 5.74) is 7.87. The average Bonchev–Trinajstić information content (AvgIpc) is 2.42. The molecule has 2 rings (SSSR count). The molecule has 3 N–H and O–H groups in total. The lowest BCUT2D eigenvalue weighted by Gasteiger charge is -2.16. The van der Waals surface area contributed by atoms with Crippen LogP contribution in [0.25, 0.3) is 0 Å². The van der Waals surface area contributed by atoms with E-state index < -0.39 is 0 Å². The van der Waals surface area contributed by atoms with Gasteiger partial charge in [0.2, 0.25) is 0 Å². The summed E-state index contributed by atoms with van der Waals surface area (Å²) < 4.78 is 0. The van der Waals surface area contributed by atoms with Crippen molar-refractivity contribution in [2.75, 3.05) is 5.73 Å². The molecule has 5 heteroatoms. The molecule has 0 heterocycles. The second-order valence-corrected chi connectivity index (χ2v) is 5.27. The SMILES string of the molecule is CC(NC(=O)c1ccc(Cl)c(Cl)c1)c1ccccc1N. The smallest absolute Gasteiger partial charge is 0.251 e. The van der Waals surface area contributed by atoms with E-state index in [1.54, 1.807) is 24.3 Å². The van der Waals surface area contributed by atoms with Gasteiger partial charge in [-0.15, -0.1) is 0 Å². The number of nitrogens with two attached hydrogens (primary N) is 1. The number of benzene rings is 2. The van der Waals surface area contributed by atoms with Crippen molar-refractivity contribution >= 4 is 34.8 Å². The minimum Gasteiger partial charge on any atom is -0.398 e. The van der Waals surface area contributed by atoms with Gasteiger partial charge in [0.1, 0.15) is 0 Å². The van der Waals surface area contributed by atoms with Crippen molar-refractivity contribution in [2.45, 2.75) is 13.0 Å². The first-order valence-electron chi connectivity index (χ1n) is 6.09. The zero-order valence-electron chi connectivity index (χ0n) is 10.9. The highest BCUT2D eigenvalue weighted by Gasteiger charge is 2.14. The molecule has 0 radical (unpaired) electrons. The van der Waals surface area contributed by atoms with E-state index in [0.29, 0.717) is 21.3 Å². The Bertz CT molecular complexity index is 644. The van der Waals surface area contributed by atoms with Gasteiger partial charge in [-0.25, -0.2) is 0 Å². The number of hydrogen-bond acceptors (Lipinski definition) is 2. The molecule has 0 spiro atoms. The minimum absolute atomic E-state index is 0.196. The van der Waals surface area contributed by atoms with E-state index in [4.69, 9.17) is 28.9 Å². The number of para-hydroxylation sites is 1.